The first-order chi connectivity index (χ1) is 14.2. The Balaban J connectivity index is 1.61. The van der Waals surface area contributed by atoms with Crippen LogP contribution in [-0.2, 0) is 27.2 Å². The average molecular weight is 387 g/mol. The maximum Gasteiger partial charge on any atom is 0.328 e. The summed E-state index contributed by atoms with van der Waals surface area (Å²) in [5, 5.41) is 2.82. The van der Waals surface area contributed by atoms with Crippen LogP contribution >= 0.6 is 0 Å². The molecule has 0 aliphatic carbocycles. The second kappa shape index (κ2) is 10.2. The van der Waals surface area contributed by atoms with Gasteiger partial charge in [0.1, 0.15) is 6.04 Å². The van der Waals surface area contributed by atoms with Gasteiger partial charge in [0.25, 0.3) is 0 Å². The molecule has 1 N–H and O–H groups in total. The zero-order chi connectivity index (χ0) is 20.5. The quantitative estimate of drug-likeness (QED) is 0.590. The van der Waals surface area contributed by atoms with E-state index in [9.17, 15) is 9.59 Å². The number of carbonyl (C=O) groups is 2. The fraction of sp³-hybridized carbons (Fsp3) is 0.200. The number of carbonyl (C=O) groups excluding carboxylic acids is 2. The maximum absolute atomic E-state index is 12.4. The van der Waals surface area contributed by atoms with E-state index >= 15 is 0 Å². The molecule has 29 heavy (non-hydrogen) atoms. The number of esters is 1. The minimum Gasteiger partial charge on any atom is -0.467 e. The fourth-order valence-corrected chi connectivity index (χ4v) is 3.20. The third-order valence-electron chi connectivity index (χ3n) is 4.81. The maximum atomic E-state index is 12.4. The van der Waals surface area contributed by atoms with Crippen molar-refractivity contribution in [1.29, 1.82) is 0 Å². The lowest BCUT2D eigenvalue weighted by Crippen LogP contribution is -2.43. The predicted molar refractivity (Wildman–Crippen MR) is 114 cm³/mol. The molecule has 3 aromatic rings. The van der Waals surface area contributed by atoms with E-state index in [2.05, 4.69) is 17.4 Å². The number of hydrogen-bond donors (Lipinski definition) is 1. The van der Waals surface area contributed by atoms with Gasteiger partial charge in [0.05, 0.1) is 7.11 Å². The van der Waals surface area contributed by atoms with Crippen molar-refractivity contribution in [3.05, 3.63) is 96.1 Å². The minimum absolute atomic E-state index is 0.162. The first-order valence-corrected chi connectivity index (χ1v) is 9.71. The van der Waals surface area contributed by atoms with Crippen molar-refractivity contribution in [3.63, 3.8) is 0 Å². The Morgan fingerprint density at radius 2 is 1.38 bits per heavy atom. The first kappa shape index (κ1) is 20.3. The number of benzene rings is 3. The Labute approximate surface area is 171 Å². The van der Waals surface area contributed by atoms with E-state index in [1.807, 2.05) is 72.8 Å². The van der Waals surface area contributed by atoms with Crippen LogP contribution in [-0.4, -0.2) is 25.0 Å². The molecule has 3 aromatic carbocycles. The van der Waals surface area contributed by atoms with E-state index in [1.54, 1.807) is 0 Å². The van der Waals surface area contributed by atoms with Crippen molar-refractivity contribution in [3.8, 4) is 11.1 Å². The molecule has 0 unspecified atom stereocenters. The highest BCUT2D eigenvalue weighted by molar-refractivity contribution is 5.84. The van der Waals surface area contributed by atoms with Crippen molar-refractivity contribution < 1.29 is 14.3 Å². The number of aryl methyl sites for hydroxylation is 1. The van der Waals surface area contributed by atoms with Gasteiger partial charge in [0.2, 0.25) is 5.91 Å². The van der Waals surface area contributed by atoms with Gasteiger partial charge in [-0.05, 0) is 28.7 Å². The van der Waals surface area contributed by atoms with Crippen molar-refractivity contribution in [2.24, 2.45) is 0 Å². The molecular formula is C25H25NO3. The van der Waals surface area contributed by atoms with E-state index < -0.39 is 12.0 Å². The Hall–Kier alpha value is -3.40. The molecule has 0 bridgehead atoms. The SMILES string of the molecule is COC(=O)[C@@H](Cc1ccc(-c2ccccc2)cc1)NC(=O)CCc1ccccc1. The molecule has 0 spiro atoms. The lowest BCUT2D eigenvalue weighted by Gasteiger charge is -2.17. The molecule has 1 amide bonds. The van der Waals surface area contributed by atoms with Gasteiger partial charge in [-0.15, -0.1) is 0 Å². The monoisotopic (exact) mass is 387 g/mol. The van der Waals surface area contributed by atoms with Crippen LogP contribution in [0, 0.1) is 0 Å². The summed E-state index contributed by atoms with van der Waals surface area (Å²) < 4.78 is 4.89. The van der Waals surface area contributed by atoms with Gasteiger partial charge in [-0.2, -0.15) is 0 Å². The van der Waals surface area contributed by atoms with E-state index in [4.69, 9.17) is 4.74 Å². The molecule has 4 heteroatoms. The molecule has 148 valence electrons. The normalized spacial score (nSPS) is 11.5. The summed E-state index contributed by atoms with van der Waals surface area (Å²) in [6.45, 7) is 0. The van der Waals surface area contributed by atoms with E-state index in [-0.39, 0.29) is 5.91 Å². The van der Waals surface area contributed by atoms with Gasteiger partial charge in [0, 0.05) is 12.8 Å². The summed E-state index contributed by atoms with van der Waals surface area (Å²) in [6.07, 6.45) is 1.34. The first-order valence-electron chi connectivity index (χ1n) is 9.71. The summed E-state index contributed by atoms with van der Waals surface area (Å²) in [5.41, 5.74) is 4.30. The summed E-state index contributed by atoms with van der Waals surface area (Å²) >= 11 is 0. The number of rotatable bonds is 8. The standard InChI is InChI=1S/C25H25NO3/c1-29-25(28)23(26-24(27)17-14-19-8-4-2-5-9-19)18-20-12-15-22(16-13-20)21-10-6-3-7-11-21/h2-13,15-16,23H,14,17-18H2,1H3,(H,26,27)/t23-/m1/s1. The molecule has 3 rings (SSSR count). The van der Waals surface area contributed by atoms with Crippen LogP contribution in [0.15, 0.2) is 84.9 Å². The summed E-state index contributed by atoms with van der Waals surface area (Å²) in [4.78, 5) is 24.5. The van der Waals surface area contributed by atoms with Crippen molar-refractivity contribution in [2.45, 2.75) is 25.3 Å². The highest BCUT2D eigenvalue weighted by Crippen LogP contribution is 2.20. The Kier molecular flexibility index (Phi) is 7.17. The van der Waals surface area contributed by atoms with Crippen molar-refractivity contribution in [1.82, 2.24) is 5.32 Å². The number of methoxy groups -OCH3 is 1. The zero-order valence-corrected chi connectivity index (χ0v) is 16.5. The fourth-order valence-electron chi connectivity index (χ4n) is 3.20. The molecule has 4 nitrogen and oxygen atoms in total. The van der Waals surface area contributed by atoms with Crippen LogP contribution in [0.2, 0.25) is 0 Å². The van der Waals surface area contributed by atoms with Gasteiger partial charge in [0.15, 0.2) is 0 Å². The molecule has 0 fully saturated rings. The summed E-state index contributed by atoms with van der Waals surface area (Å²) in [5.74, 6) is -0.602. The average Bonchev–Trinajstić information content (AvgIpc) is 2.78. The number of amides is 1. The van der Waals surface area contributed by atoms with Gasteiger partial charge in [-0.25, -0.2) is 4.79 Å². The molecule has 0 heterocycles. The van der Waals surface area contributed by atoms with Crippen LogP contribution < -0.4 is 5.32 Å². The molecule has 0 aliphatic heterocycles. The molecular weight excluding hydrogens is 362 g/mol. The number of ether oxygens (including phenoxy) is 1. The number of hydrogen-bond acceptors (Lipinski definition) is 3. The summed E-state index contributed by atoms with van der Waals surface area (Å²) in [6, 6.07) is 27.2. The van der Waals surface area contributed by atoms with E-state index in [0.29, 0.717) is 19.3 Å². The van der Waals surface area contributed by atoms with Gasteiger partial charge in [-0.3, -0.25) is 4.79 Å². The molecule has 0 aliphatic rings. The largest absolute Gasteiger partial charge is 0.467 e. The molecule has 0 radical (unpaired) electrons. The van der Waals surface area contributed by atoms with Crippen LogP contribution in [0.4, 0.5) is 0 Å². The van der Waals surface area contributed by atoms with Gasteiger partial charge < -0.3 is 10.1 Å². The second-order valence-corrected chi connectivity index (χ2v) is 6.90. The van der Waals surface area contributed by atoms with Crippen LogP contribution in [0.25, 0.3) is 11.1 Å². The lowest BCUT2D eigenvalue weighted by atomic mass is 10.0. The highest BCUT2D eigenvalue weighted by Gasteiger charge is 2.21. The van der Waals surface area contributed by atoms with Crippen molar-refractivity contribution >= 4 is 11.9 Å². The predicted octanol–water partition coefficient (Wildman–Crippen LogP) is 4.19. The third-order valence-corrected chi connectivity index (χ3v) is 4.81. The Morgan fingerprint density at radius 1 is 0.793 bits per heavy atom. The van der Waals surface area contributed by atoms with Crippen LogP contribution in [0.5, 0.6) is 0 Å². The second-order valence-electron chi connectivity index (χ2n) is 6.90. The zero-order valence-electron chi connectivity index (χ0n) is 16.5. The van der Waals surface area contributed by atoms with Crippen LogP contribution in [0.3, 0.4) is 0 Å². The summed E-state index contributed by atoms with van der Waals surface area (Å²) in [7, 11) is 1.34. The molecule has 0 aromatic heterocycles. The highest BCUT2D eigenvalue weighted by atomic mass is 16.5. The molecule has 1 atom stereocenters. The Morgan fingerprint density at radius 3 is 2.00 bits per heavy atom. The lowest BCUT2D eigenvalue weighted by molar-refractivity contribution is -0.145. The minimum atomic E-state index is -0.703. The molecule has 0 saturated carbocycles. The Bertz CT molecular complexity index is 921. The molecule has 0 saturated heterocycles. The van der Waals surface area contributed by atoms with Crippen molar-refractivity contribution in [2.75, 3.05) is 7.11 Å². The third kappa shape index (κ3) is 6.04. The van der Waals surface area contributed by atoms with E-state index in [1.165, 1.54) is 7.11 Å². The van der Waals surface area contributed by atoms with Gasteiger partial charge in [-0.1, -0.05) is 84.9 Å². The smallest absolute Gasteiger partial charge is 0.328 e. The number of nitrogens with one attached hydrogen (secondary N) is 1. The van der Waals surface area contributed by atoms with Crippen LogP contribution in [0.1, 0.15) is 17.5 Å². The van der Waals surface area contributed by atoms with E-state index in [0.717, 1.165) is 22.3 Å². The van der Waals surface area contributed by atoms with Gasteiger partial charge >= 0.3 is 5.97 Å². The topological polar surface area (TPSA) is 55.4 Å².